The molecule has 4 aromatic rings. The molecule has 0 N–H and O–H groups in total. The number of carbonyl (C=O) groups is 1. The van der Waals surface area contributed by atoms with Crippen LogP contribution in [0, 0.1) is 0 Å². The number of rotatable bonds is 9. The fourth-order valence-electron chi connectivity index (χ4n) is 3.68. The van der Waals surface area contributed by atoms with Crippen LogP contribution in [-0.2, 0) is 0 Å². The molecule has 0 radical (unpaired) electrons. The highest BCUT2D eigenvalue weighted by molar-refractivity contribution is 6.07. The summed E-state index contributed by atoms with van der Waals surface area (Å²) in [6.45, 7) is 0. The monoisotopic (exact) mass is 470 g/mol. The van der Waals surface area contributed by atoms with Gasteiger partial charge < -0.3 is 18.9 Å². The number of nitrogens with zero attached hydrogens (tertiary/aromatic N) is 2. The van der Waals surface area contributed by atoms with Crippen molar-refractivity contribution in [3.63, 3.8) is 0 Å². The number of methoxy groups -OCH3 is 4. The summed E-state index contributed by atoms with van der Waals surface area (Å²) in [6.07, 6.45) is 5.17. The van der Waals surface area contributed by atoms with Gasteiger partial charge in [-0.3, -0.25) is 4.79 Å². The zero-order valence-electron chi connectivity index (χ0n) is 20.0. The average Bonchev–Trinajstić information content (AvgIpc) is 3.35. The van der Waals surface area contributed by atoms with E-state index in [4.69, 9.17) is 24.0 Å². The van der Waals surface area contributed by atoms with Crippen LogP contribution < -0.4 is 18.9 Å². The van der Waals surface area contributed by atoms with Gasteiger partial charge in [0.05, 0.1) is 39.8 Å². The van der Waals surface area contributed by atoms with E-state index < -0.39 is 0 Å². The average molecular weight is 471 g/mol. The smallest absolute Gasteiger partial charge is 0.203 e. The Morgan fingerprint density at radius 3 is 2.06 bits per heavy atom. The van der Waals surface area contributed by atoms with Crippen LogP contribution in [0.25, 0.3) is 23.0 Å². The van der Waals surface area contributed by atoms with Crippen LogP contribution in [-0.4, -0.2) is 44.0 Å². The summed E-state index contributed by atoms with van der Waals surface area (Å²) in [5, 5.41) is 4.79. The van der Waals surface area contributed by atoms with E-state index in [0.29, 0.717) is 22.8 Å². The third kappa shape index (κ3) is 5.04. The molecule has 0 amide bonds. The van der Waals surface area contributed by atoms with Crippen LogP contribution >= 0.6 is 0 Å². The van der Waals surface area contributed by atoms with E-state index in [2.05, 4.69) is 0 Å². The molecule has 0 aliphatic heterocycles. The van der Waals surface area contributed by atoms with Crippen molar-refractivity contribution in [1.82, 2.24) is 9.78 Å². The van der Waals surface area contributed by atoms with E-state index in [1.807, 2.05) is 60.8 Å². The number of allylic oxidation sites excluding steroid dienone is 1. The largest absolute Gasteiger partial charge is 0.497 e. The van der Waals surface area contributed by atoms with Gasteiger partial charge in [0, 0.05) is 22.9 Å². The fraction of sp³-hybridized carbons (Fsp3) is 0.143. The number of benzene rings is 3. The highest BCUT2D eigenvalue weighted by atomic mass is 16.5. The van der Waals surface area contributed by atoms with Crippen molar-refractivity contribution >= 4 is 11.9 Å². The maximum absolute atomic E-state index is 13.1. The first-order chi connectivity index (χ1) is 17.1. The van der Waals surface area contributed by atoms with Gasteiger partial charge in [-0.25, -0.2) is 4.68 Å². The van der Waals surface area contributed by atoms with Crippen molar-refractivity contribution < 1.29 is 23.7 Å². The standard InChI is InChI=1S/C28H26N2O5/c1-32-23-13-10-19(11-14-23)27-20(18-30(29-27)22-8-6-5-7-9-22)12-15-24(31)21-16-25(33-2)28(35-4)26(17-21)34-3/h5-18H,1-4H3. The number of carbonyl (C=O) groups excluding carboxylic acids is 1. The van der Waals surface area contributed by atoms with Gasteiger partial charge in [0.1, 0.15) is 5.75 Å². The van der Waals surface area contributed by atoms with Crippen LogP contribution in [0.5, 0.6) is 23.0 Å². The van der Waals surface area contributed by atoms with Crippen molar-refractivity contribution in [1.29, 1.82) is 0 Å². The third-order valence-corrected chi connectivity index (χ3v) is 5.49. The predicted octanol–water partition coefficient (Wildman–Crippen LogP) is 5.47. The van der Waals surface area contributed by atoms with Crippen LogP contribution in [0.2, 0.25) is 0 Å². The third-order valence-electron chi connectivity index (χ3n) is 5.49. The van der Waals surface area contributed by atoms with Gasteiger partial charge in [0.25, 0.3) is 0 Å². The minimum absolute atomic E-state index is 0.211. The van der Waals surface area contributed by atoms with E-state index in [-0.39, 0.29) is 5.78 Å². The molecule has 0 spiro atoms. The topological polar surface area (TPSA) is 71.8 Å². The van der Waals surface area contributed by atoms with E-state index in [9.17, 15) is 4.79 Å². The molecule has 4 rings (SSSR count). The van der Waals surface area contributed by atoms with Crippen molar-refractivity contribution in [3.05, 3.63) is 90.1 Å². The van der Waals surface area contributed by atoms with Gasteiger partial charge in [-0.1, -0.05) is 18.2 Å². The van der Waals surface area contributed by atoms with E-state index in [0.717, 1.165) is 28.3 Å². The first kappa shape index (κ1) is 23.6. The Labute approximate surface area is 204 Å². The summed E-state index contributed by atoms with van der Waals surface area (Å²) in [4.78, 5) is 13.1. The Kier molecular flexibility index (Phi) is 7.16. The first-order valence-corrected chi connectivity index (χ1v) is 10.9. The minimum atomic E-state index is -0.211. The lowest BCUT2D eigenvalue weighted by Gasteiger charge is -2.13. The molecular formula is C28H26N2O5. The number of aromatic nitrogens is 2. The van der Waals surface area contributed by atoms with Crippen LogP contribution in [0.1, 0.15) is 15.9 Å². The van der Waals surface area contributed by atoms with Crippen LogP contribution in [0.3, 0.4) is 0 Å². The van der Waals surface area contributed by atoms with E-state index in [1.165, 1.54) is 27.4 Å². The van der Waals surface area contributed by atoms with Gasteiger partial charge in [-0.15, -0.1) is 0 Å². The molecule has 3 aromatic carbocycles. The summed E-state index contributed by atoms with van der Waals surface area (Å²) < 4.78 is 23.2. The summed E-state index contributed by atoms with van der Waals surface area (Å²) >= 11 is 0. The molecule has 1 aromatic heterocycles. The Balaban J connectivity index is 1.73. The molecule has 178 valence electrons. The normalized spacial score (nSPS) is 10.9. The van der Waals surface area contributed by atoms with Crippen molar-refractivity contribution in [3.8, 4) is 39.9 Å². The Morgan fingerprint density at radius 2 is 1.49 bits per heavy atom. The lowest BCUT2D eigenvalue weighted by atomic mass is 10.1. The zero-order chi connectivity index (χ0) is 24.8. The molecule has 0 bridgehead atoms. The van der Waals surface area contributed by atoms with Crippen LogP contribution in [0.4, 0.5) is 0 Å². The second-order valence-corrected chi connectivity index (χ2v) is 7.55. The summed E-state index contributed by atoms with van der Waals surface area (Å²) in [6, 6.07) is 20.7. The molecule has 0 aliphatic carbocycles. The molecule has 7 nitrogen and oxygen atoms in total. The highest BCUT2D eigenvalue weighted by Crippen LogP contribution is 2.38. The van der Waals surface area contributed by atoms with Crippen LogP contribution in [0.15, 0.2) is 79.0 Å². The quantitative estimate of drug-likeness (QED) is 0.239. The number of ketones is 1. The Bertz CT molecular complexity index is 1320. The maximum atomic E-state index is 13.1. The molecule has 0 saturated carbocycles. The predicted molar refractivity (Wildman–Crippen MR) is 135 cm³/mol. The fourth-order valence-corrected chi connectivity index (χ4v) is 3.68. The summed E-state index contributed by atoms with van der Waals surface area (Å²) in [5.74, 6) is 1.81. The number of ether oxygens (including phenoxy) is 4. The summed E-state index contributed by atoms with van der Waals surface area (Å²) in [5.41, 5.74) is 3.76. The maximum Gasteiger partial charge on any atom is 0.203 e. The molecular weight excluding hydrogens is 444 g/mol. The van der Waals surface area contributed by atoms with Gasteiger partial charge in [-0.2, -0.15) is 5.10 Å². The van der Waals surface area contributed by atoms with Gasteiger partial charge in [0.2, 0.25) is 5.75 Å². The van der Waals surface area contributed by atoms with Crippen molar-refractivity contribution in [2.75, 3.05) is 28.4 Å². The molecule has 0 unspecified atom stereocenters. The lowest BCUT2D eigenvalue weighted by Crippen LogP contribution is -2.00. The molecule has 0 aliphatic rings. The van der Waals surface area contributed by atoms with Crippen molar-refractivity contribution in [2.45, 2.75) is 0 Å². The SMILES string of the molecule is COc1ccc(-c2nn(-c3ccccc3)cc2C=CC(=O)c2cc(OC)c(OC)c(OC)c2)cc1. The summed E-state index contributed by atoms with van der Waals surface area (Å²) in [7, 11) is 6.18. The highest BCUT2D eigenvalue weighted by Gasteiger charge is 2.16. The molecule has 35 heavy (non-hydrogen) atoms. The lowest BCUT2D eigenvalue weighted by molar-refractivity contribution is 0.104. The second kappa shape index (κ2) is 10.6. The minimum Gasteiger partial charge on any atom is -0.497 e. The second-order valence-electron chi connectivity index (χ2n) is 7.55. The number of para-hydroxylation sites is 1. The first-order valence-electron chi connectivity index (χ1n) is 10.9. The zero-order valence-corrected chi connectivity index (χ0v) is 20.0. The number of hydrogen-bond acceptors (Lipinski definition) is 6. The molecule has 0 fully saturated rings. The molecule has 1 heterocycles. The van der Waals surface area contributed by atoms with Gasteiger partial charge in [-0.05, 0) is 60.7 Å². The molecule has 0 atom stereocenters. The van der Waals surface area contributed by atoms with Gasteiger partial charge in [0.15, 0.2) is 17.3 Å². The van der Waals surface area contributed by atoms with E-state index >= 15 is 0 Å². The number of hydrogen-bond donors (Lipinski definition) is 0. The Hall–Kier alpha value is -4.52. The van der Waals surface area contributed by atoms with E-state index in [1.54, 1.807) is 30.0 Å². The van der Waals surface area contributed by atoms with Gasteiger partial charge >= 0.3 is 0 Å². The molecule has 0 saturated heterocycles. The molecule has 7 heteroatoms. The van der Waals surface area contributed by atoms with Crippen molar-refractivity contribution in [2.24, 2.45) is 0 Å². The Morgan fingerprint density at radius 1 is 0.829 bits per heavy atom.